The molecule has 0 bridgehead atoms. The van der Waals surface area contributed by atoms with Crippen LogP contribution >= 0.6 is 0 Å². The van der Waals surface area contributed by atoms with Crippen LogP contribution in [0.5, 0.6) is 0 Å². The Morgan fingerprint density at radius 1 is 1.15 bits per heavy atom. The molecule has 1 unspecified atom stereocenters. The number of ether oxygens (including phenoxy) is 1. The van der Waals surface area contributed by atoms with Crippen molar-refractivity contribution < 1.29 is 23.0 Å². The van der Waals surface area contributed by atoms with E-state index in [4.69, 9.17) is 9.72 Å². The van der Waals surface area contributed by atoms with Crippen LogP contribution in [0.3, 0.4) is 0 Å². The van der Waals surface area contributed by atoms with E-state index < -0.39 is 17.8 Å². The highest BCUT2D eigenvalue weighted by molar-refractivity contribution is 5.84. The third-order valence-corrected chi connectivity index (χ3v) is 8.72. The van der Waals surface area contributed by atoms with Crippen molar-refractivity contribution in [1.29, 1.82) is 0 Å². The lowest BCUT2D eigenvalue weighted by atomic mass is 9.95. The van der Waals surface area contributed by atoms with Gasteiger partial charge in [-0.15, -0.1) is 0 Å². The lowest BCUT2D eigenvalue weighted by Gasteiger charge is -2.48. The van der Waals surface area contributed by atoms with Gasteiger partial charge in [0.2, 0.25) is 0 Å². The summed E-state index contributed by atoms with van der Waals surface area (Å²) in [5, 5.41) is 10.3. The van der Waals surface area contributed by atoms with Gasteiger partial charge in [-0.3, -0.25) is 9.47 Å². The Morgan fingerprint density at radius 2 is 1.85 bits per heavy atom. The van der Waals surface area contributed by atoms with E-state index in [0.717, 1.165) is 30.5 Å². The number of hydrogen-bond acceptors (Lipinski definition) is 7. The average Bonchev–Trinajstić information content (AvgIpc) is 3.49. The van der Waals surface area contributed by atoms with Crippen LogP contribution in [0.1, 0.15) is 63.0 Å². The predicted octanol–water partition coefficient (Wildman–Crippen LogP) is 4.05. The first-order chi connectivity index (χ1) is 19.4. The van der Waals surface area contributed by atoms with Crippen molar-refractivity contribution in [1.82, 2.24) is 24.0 Å². The van der Waals surface area contributed by atoms with E-state index in [1.165, 1.54) is 4.57 Å². The highest BCUT2D eigenvalue weighted by Gasteiger charge is 2.38. The Balaban J connectivity index is 1.47. The number of aryl methyl sites for hydroxylation is 2. The molecule has 1 N–H and O–H groups in total. The van der Waals surface area contributed by atoms with E-state index in [-0.39, 0.29) is 29.9 Å². The monoisotopic (exact) mass is 576 g/mol. The molecule has 5 atom stereocenters. The third-order valence-electron chi connectivity index (χ3n) is 8.72. The second-order valence-electron chi connectivity index (χ2n) is 11.3. The lowest BCUT2D eigenvalue weighted by Crippen LogP contribution is -2.58. The summed E-state index contributed by atoms with van der Waals surface area (Å²) in [6, 6.07) is 5.52. The second kappa shape index (κ2) is 11.4. The minimum Gasteiger partial charge on any atom is -0.390 e. The molecule has 12 heteroatoms. The minimum atomic E-state index is -4.37. The van der Waals surface area contributed by atoms with E-state index in [9.17, 15) is 23.1 Å². The maximum atomic E-state index is 13.2. The summed E-state index contributed by atoms with van der Waals surface area (Å²) in [5.41, 5.74) is 1.09. The van der Waals surface area contributed by atoms with Crippen LogP contribution < -0.4 is 10.6 Å². The van der Waals surface area contributed by atoms with Crippen LogP contribution in [0.15, 0.2) is 29.1 Å². The van der Waals surface area contributed by atoms with Gasteiger partial charge in [-0.25, -0.2) is 9.78 Å². The normalized spacial score (nSPS) is 24.9. The SMILES string of the molecule is CCC(c1ccc(C(F)(F)F)cc1)N1C[C@H](C)N(c2nc(=O)n(C)c3c2nc(C)n3C[C@H]2OCC[C@@H]2O)C[C@H]1CC. The molecule has 224 valence electrons. The number of hydrogen-bond donors (Lipinski definition) is 1. The Labute approximate surface area is 237 Å². The Morgan fingerprint density at radius 3 is 2.44 bits per heavy atom. The second-order valence-corrected chi connectivity index (χ2v) is 11.3. The summed E-state index contributed by atoms with van der Waals surface area (Å²) in [7, 11) is 1.68. The van der Waals surface area contributed by atoms with E-state index in [0.29, 0.717) is 55.5 Å². The topological polar surface area (TPSA) is 88.7 Å². The number of benzene rings is 1. The predicted molar refractivity (Wildman–Crippen MR) is 150 cm³/mol. The number of halogens is 3. The fraction of sp³-hybridized carbons (Fsp3) is 0.621. The number of rotatable bonds is 7. The van der Waals surface area contributed by atoms with Crippen molar-refractivity contribution in [3.8, 4) is 0 Å². The van der Waals surface area contributed by atoms with Gasteiger partial charge < -0.3 is 19.3 Å². The number of piperazine rings is 1. The van der Waals surface area contributed by atoms with Crippen LogP contribution in [0.4, 0.5) is 19.0 Å². The maximum absolute atomic E-state index is 13.2. The van der Waals surface area contributed by atoms with Crippen LogP contribution in [0, 0.1) is 6.92 Å². The molecule has 0 spiro atoms. The molecule has 9 nitrogen and oxygen atoms in total. The zero-order valence-electron chi connectivity index (χ0n) is 24.2. The van der Waals surface area contributed by atoms with Gasteiger partial charge in [0, 0.05) is 44.9 Å². The zero-order chi connectivity index (χ0) is 29.6. The number of alkyl halides is 3. The molecule has 2 saturated heterocycles. The van der Waals surface area contributed by atoms with E-state index in [1.807, 2.05) is 11.5 Å². The van der Waals surface area contributed by atoms with Crippen molar-refractivity contribution in [2.24, 2.45) is 7.05 Å². The maximum Gasteiger partial charge on any atom is 0.416 e. The van der Waals surface area contributed by atoms with Gasteiger partial charge in [-0.2, -0.15) is 18.2 Å². The molecular formula is C29H39F3N6O3. The smallest absolute Gasteiger partial charge is 0.390 e. The number of nitrogens with zero attached hydrogens (tertiary/aromatic N) is 6. The summed E-state index contributed by atoms with van der Waals surface area (Å²) in [5.74, 6) is 1.24. The molecular weight excluding hydrogens is 537 g/mol. The van der Waals surface area contributed by atoms with Gasteiger partial charge in [0.15, 0.2) is 5.82 Å². The summed E-state index contributed by atoms with van der Waals surface area (Å²) in [6.07, 6.45) is -3.17. The molecule has 0 amide bonds. The van der Waals surface area contributed by atoms with Crippen molar-refractivity contribution in [2.75, 3.05) is 24.6 Å². The first-order valence-corrected chi connectivity index (χ1v) is 14.4. The fourth-order valence-electron chi connectivity index (χ4n) is 6.42. The van der Waals surface area contributed by atoms with Crippen molar-refractivity contribution in [2.45, 2.75) is 90.0 Å². The molecule has 4 heterocycles. The average molecular weight is 577 g/mol. The van der Waals surface area contributed by atoms with E-state index in [1.54, 1.807) is 19.2 Å². The van der Waals surface area contributed by atoms with Gasteiger partial charge in [-0.05, 0) is 50.8 Å². The largest absolute Gasteiger partial charge is 0.416 e. The molecule has 2 aliphatic heterocycles. The summed E-state index contributed by atoms with van der Waals surface area (Å²) >= 11 is 0. The summed E-state index contributed by atoms with van der Waals surface area (Å²) < 4.78 is 48.7. The van der Waals surface area contributed by atoms with Gasteiger partial charge in [0.05, 0.1) is 18.2 Å². The van der Waals surface area contributed by atoms with Gasteiger partial charge in [-0.1, -0.05) is 26.0 Å². The molecule has 1 aromatic carbocycles. The minimum absolute atomic E-state index is 0.0328. The van der Waals surface area contributed by atoms with Crippen LogP contribution in [-0.4, -0.2) is 73.1 Å². The van der Waals surface area contributed by atoms with Crippen molar-refractivity contribution in [3.05, 3.63) is 51.7 Å². The quantitative estimate of drug-likeness (QED) is 0.454. The first kappa shape index (κ1) is 29.5. The zero-order valence-corrected chi connectivity index (χ0v) is 24.2. The molecule has 3 aromatic rings. The Hall–Kier alpha value is -2.96. The standard InChI is InChI=1S/C29H39F3N6O3/c1-6-21-15-36(17(3)14-38(21)22(7-2)19-8-10-20(11-9-19)29(30,31)32)26-25-27(35(5)28(40)34-26)37(18(4)33-25)16-24-23(39)12-13-41-24/h8-11,17,21-24,39H,6-7,12-16H2,1-5H3/t17-,21+,22?,23-,24+/m0/s1. The molecule has 0 aliphatic carbocycles. The highest BCUT2D eigenvalue weighted by Crippen LogP contribution is 2.36. The van der Waals surface area contributed by atoms with Crippen molar-refractivity contribution in [3.63, 3.8) is 0 Å². The number of anilines is 1. The third kappa shape index (κ3) is 5.49. The number of aliphatic hydroxyl groups is 1. The Bertz CT molecular complexity index is 1440. The molecule has 2 aliphatic rings. The number of aromatic nitrogens is 4. The fourth-order valence-corrected chi connectivity index (χ4v) is 6.42. The van der Waals surface area contributed by atoms with E-state index >= 15 is 0 Å². The molecule has 0 radical (unpaired) electrons. The number of aliphatic hydroxyl groups excluding tert-OH is 1. The van der Waals surface area contributed by atoms with Gasteiger partial charge in [0.1, 0.15) is 23.1 Å². The highest BCUT2D eigenvalue weighted by atomic mass is 19.4. The molecule has 41 heavy (non-hydrogen) atoms. The summed E-state index contributed by atoms with van der Waals surface area (Å²) in [4.78, 5) is 27.0. The first-order valence-electron chi connectivity index (χ1n) is 14.4. The summed E-state index contributed by atoms with van der Waals surface area (Å²) in [6.45, 7) is 10.2. The lowest BCUT2D eigenvalue weighted by molar-refractivity contribution is -0.137. The van der Waals surface area contributed by atoms with Crippen LogP contribution in [0.25, 0.3) is 11.2 Å². The molecule has 0 saturated carbocycles. The van der Waals surface area contributed by atoms with Gasteiger partial charge >= 0.3 is 11.9 Å². The van der Waals surface area contributed by atoms with E-state index in [2.05, 4.69) is 35.6 Å². The van der Waals surface area contributed by atoms with Gasteiger partial charge in [0.25, 0.3) is 0 Å². The number of fused-ring (bicyclic) bond motifs is 1. The molecule has 5 rings (SSSR count). The molecule has 2 aromatic heterocycles. The van der Waals surface area contributed by atoms with Crippen molar-refractivity contribution >= 4 is 17.0 Å². The van der Waals surface area contributed by atoms with Crippen LogP contribution in [-0.2, 0) is 24.5 Å². The Kier molecular flexibility index (Phi) is 8.19. The molecule has 2 fully saturated rings. The van der Waals surface area contributed by atoms with Crippen LogP contribution in [0.2, 0.25) is 0 Å². The number of imidazole rings is 1.